The van der Waals surface area contributed by atoms with Crippen LogP contribution in [0.5, 0.6) is 0 Å². The highest BCUT2D eigenvalue weighted by atomic mass is 16.2. The van der Waals surface area contributed by atoms with Gasteiger partial charge >= 0.3 is 0 Å². The lowest BCUT2D eigenvalue weighted by molar-refractivity contribution is -0.126. The summed E-state index contributed by atoms with van der Waals surface area (Å²) in [5.41, 5.74) is 0. The Kier molecular flexibility index (Phi) is 6.03. The average Bonchev–Trinajstić information content (AvgIpc) is 2.92. The summed E-state index contributed by atoms with van der Waals surface area (Å²) < 4.78 is 0. The van der Waals surface area contributed by atoms with Gasteiger partial charge in [0.05, 0.1) is 6.54 Å². The summed E-state index contributed by atoms with van der Waals surface area (Å²) in [6.07, 6.45) is 7.29. The van der Waals surface area contributed by atoms with E-state index in [0.717, 1.165) is 19.4 Å². The maximum Gasteiger partial charge on any atom is 0.239 e. The molecule has 0 spiro atoms. The number of terminal acetylenes is 1. The summed E-state index contributed by atoms with van der Waals surface area (Å²) in [5, 5.41) is 5.75. The van der Waals surface area contributed by atoms with Crippen molar-refractivity contribution < 1.29 is 9.59 Å². The Bertz CT molecular complexity index is 485. The van der Waals surface area contributed by atoms with E-state index in [0.29, 0.717) is 19.0 Å². The Hall–Kier alpha value is -1.58. The molecule has 2 fully saturated rings. The van der Waals surface area contributed by atoms with Gasteiger partial charge in [0, 0.05) is 37.6 Å². The number of likely N-dealkylation sites (tertiary alicyclic amines) is 1. The van der Waals surface area contributed by atoms with Gasteiger partial charge in [0.1, 0.15) is 6.04 Å². The maximum atomic E-state index is 12.5. The Labute approximate surface area is 139 Å². The molecular formula is C17H28N4O2. The number of hydrogen-bond acceptors (Lipinski definition) is 4. The standard InChI is InChI=1S/C17H28N4O2/c1-5-9-18-15(22)7-6-13-11-19-17(23)16-14(20(13)4)8-10-21(16)12(2)3/h1,12-14,16H,6-11H2,2-4H3,(H,18,22)(H,19,23)/t13-,14+,16-/m0/s1. The first kappa shape index (κ1) is 17.8. The first-order valence-corrected chi connectivity index (χ1v) is 8.41. The van der Waals surface area contributed by atoms with Crippen LogP contribution in [0.15, 0.2) is 0 Å². The first-order chi connectivity index (χ1) is 11.0. The third kappa shape index (κ3) is 4.04. The molecule has 2 saturated heterocycles. The molecule has 6 heteroatoms. The van der Waals surface area contributed by atoms with Crippen LogP contribution >= 0.6 is 0 Å². The summed E-state index contributed by atoms with van der Waals surface area (Å²) in [6.45, 7) is 6.07. The molecule has 0 aromatic carbocycles. The third-order valence-electron chi connectivity index (χ3n) is 5.04. The Balaban J connectivity index is 1.99. The van der Waals surface area contributed by atoms with E-state index in [4.69, 9.17) is 6.42 Å². The van der Waals surface area contributed by atoms with Crippen LogP contribution in [0.25, 0.3) is 0 Å². The van der Waals surface area contributed by atoms with Crippen LogP contribution < -0.4 is 10.6 Å². The molecule has 2 heterocycles. The number of carbonyl (C=O) groups is 2. The number of nitrogens with one attached hydrogen (secondary N) is 2. The number of fused-ring (bicyclic) bond motifs is 1. The van der Waals surface area contributed by atoms with Gasteiger partial charge in [0.2, 0.25) is 11.8 Å². The number of rotatable bonds is 5. The second kappa shape index (κ2) is 7.80. The zero-order chi connectivity index (χ0) is 17.0. The van der Waals surface area contributed by atoms with Gasteiger partial charge in [-0.1, -0.05) is 5.92 Å². The maximum absolute atomic E-state index is 12.5. The van der Waals surface area contributed by atoms with Crippen molar-refractivity contribution in [2.75, 3.05) is 26.7 Å². The van der Waals surface area contributed by atoms with E-state index in [1.54, 1.807) is 0 Å². The first-order valence-electron chi connectivity index (χ1n) is 8.41. The number of nitrogens with zero attached hydrogens (tertiary/aromatic N) is 2. The van der Waals surface area contributed by atoms with E-state index < -0.39 is 0 Å². The Morgan fingerprint density at radius 2 is 2.26 bits per heavy atom. The quantitative estimate of drug-likeness (QED) is 0.689. The fourth-order valence-electron chi connectivity index (χ4n) is 3.71. The zero-order valence-corrected chi connectivity index (χ0v) is 14.3. The van der Waals surface area contributed by atoms with Crippen molar-refractivity contribution >= 4 is 11.8 Å². The van der Waals surface area contributed by atoms with Gasteiger partial charge < -0.3 is 10.6 Å². The van der Waals surface area contributed by atoms with E-state index in [9.17, 15) is 9.59 Å². The van der Waals surface area contributed by atoms with E-state index in [2.05, 4.69) is 47.2 Å². The number of amides is 2. The Morgan fingerprint density at radius 3 is 2.91 bits per heavy atom. The predicted octanol–water partition coefficient (Wildman–Crippen LogP) is -0.202. The van der Waals surface area contributed by atoms with Crippen molar-refractivity contribution in [3.8, 4) is 12.3 Å². The average molecular weight is 320 g/mol. The highest BCUT2D eigenvalue weighted by Crippen LogP contribution is 2.28. The van der Waals surface area contributed by atoms with Crippen molar-refractivity contribution in [1.29, 1.82) is 0 Å². The number of hydrogen-bond donors (Lipinski definition) is 2. The third-order valence-corrected chi connectivity index (χ3v) is 5.04. The zero-order valence-electron chi connectivity index (χ0n) is 14.3. The fourth-order valence-corrected chi connectivity index (χ4v) is 3.71. The molecule has 0 unspecified atom stereocenters. The minimum atomic E-state index is -0.0831. The predicted molar refractivity (Wildman–Crippen MR) is 89.7 cm³/mol. The molecule has 128 valence electrons. The lowest BCUT2D eigenvalue weighted by Gasteiger charge is -2.34. The van der Waals surface area contributed by atoms with Crippen molar-refractivity contribution in [3.63, 3.8) is 0 Å². The molecule has 23 heavy (non-hydrogen) atoms. The molecule has 3 atom stereocenters. The molecule has 2 rings (SSSR count). The highest BCUT2D eigenvalue weighted by Gasteiger charge is 2.45. The molecule has 2 amide bonds. The van der Waals surface area contributed by atoms with Gasteiger partial charge in [-0.3, -0.25) is 19.4 Å². The molecule has 0 bridgehead atoms. The molecule has 0 aliphatic carbocycles. The minimum Gasteiger partial charge on any atom is -0.353 e. The van der Waals surface area contributed by atoms with E-state index in [-0.39, 0.29) is 36.5 Å². The van der Waals surface area contributed by atoms with Gasteiger partial charge in [0.15, 0.2) is 0 Å². The van der Waals surface area contributed by atoms with Gasteiger partial charge in [0.25, 0.3) is 0 Å². The van der Waals surface area contributed by atoms with Gasteiger partial charge in [-0.05, 0) is 33.7 Å². The van der Waals surface area contributed by atoms with Gasteiger partial charge in [-0.15, -0.1) is 6.42 Å². The molecule has 2 aliphatic heterocycles. The Morgan fingerprint density at radius 1 is 1.52 bits per heavy atom. The van der Waals surface area contributed by atoms with Crippen LogP contribution in [0.3, 0.4) is 0 Å². The summed E-state index contributed by atoms with van der Waals surface area (Å²) in [6, 6.07) is 0.673. The normalized spacial score (nSPS) is 28.8. The summed E-state index contributed by atoms with van der Waals surface area (Å²) in [5.74, 6) is 2.49. The van der Waals surface area contributed by atoms with Gasteiger partial charge in [-0.25, -0.2) is 0 Å². The molecule has 0 aromatic rings. The van der Waals surface area contributed by atoms with Crippen LogP contribution in [-0.4, -0.2) is 72.5 Å². The molecule has 6 nitrogen and oxygen atoms in total. The molecule has 0 radical (unpaired) electrons. The SMILES string of the molecule is C#CCNC(=O)CC[C@H]1CNC(=O)[C@@H]2[C@@H](CCN2C(C)C)N1C. The highest BCUT2D eigenvalue weighted by molar-refractivity contribution is 5.83. The van der Waals surface area contributed by atoms with Crippen molar-refractivity contribution in [1.82, 2.24) is 20.4 Å². The molecule has 0 aromatic heterocycles. The second-order valence-corrected chi connectivity index (χ2v) is 6.72. The topological polar surface area (TPSA) is 64.7 Å². The molecule has 2 aliphatic rings. The smallest absolute Gasteiger partial charge is 0.239 e. The van der Waals surface area contributed by atoms with Crippen molar-refractivity contribution in [3.05, 3.63) is 0 Å². The molecule has 2 N–H and O–H groups in total. The minimum absolute atomic E-state index is 0.0290. The van der Waals surface area contributed by atoms with Crippen LogP contribution in [0.4, 0.5) is 0 Å². The number of likely N-dealkylation sites (N-methyl/N-ethyl adjacent to an activating group) is 1. The lowest BCUT2D eigenvalue weighted by Crippen LogP contribution is -2.51. The number of carbonyl (C=O) groups excluding carboxylic acids is 2. The van der Waals surface area contributed by atoms with Crippen molar-refractivity contribution in [2.24, 2.45) is 0 Å². The van der Waals surface area contributed by atoms with Crippen LogP contribution in [-0.2, 0) is 9.59 Å². The summed E-state index contributed by atoms with van der Waals surface area (Å²) in [4.78, 5) is 28.8. The molecular weight excluding hydrogens is 292 g/mol. The largest absolute Gasteiger partial charge is 0.353 e. The fraction of sp³-hybridized carbons (Fsp3) is 0.765. The van der Waals surface area contributed by atoms with Crippen LogP contribution in [0.1, 0.15) is 33.1 Å². The second-order valence-electron chi connectivity index (χ2n) is 6.72. The monoisotopic (exact) mass is 320 g/mol. The van der Waals surface area contributed by atoms with Crippen LogP contribution in [0.2, 0.25) is 0 Å². The summed E-state index contributed by atoms with van der Waals surface area (Å²) >= 11 is 0. The lowest BCUT2D eigenvalue weighted by atomic mass is 10.0. The van der Waals surface area contributed by atoms with E-state index in [1.165, 1.54) is 0 Å². The van der Waals surface area contributed by atoms with Gasteiger partial charge in [-0.2, -0.15) is 0 Å². The molecule has 0 saturated carbocycles. The summed E-state index contributed by atoms with van der Waals surface area (Å²) in [7, 11) is 2.08. The van der Waals surface area contributed by atoms with Crippen molar-refractivity contribution in [2.45, 2.75) is 57.3 Å². The van der Waals surface area contributed by atoms with E-state index in [1.807, 2.05) is 0 Å². The van der Waals surface area contributed by atoms with E-state index >= 15 is 0 Å². The van der Waals surface area contributed by atoms with Crippen LogP contribution in [0, 0.1) is 12.3 Å².